The van der Waals surface area contributed by atoms with Gasteiger partial charge in [0.25, 0.3) is 0 Å². The number of hydrogen-bond acceptors (Lipinski definition) is 5. The van der Waals surface area contributed by atoms with Gasteiger partial charge in [-0.1, -0.05) is 13.0 Å². The van der Waals surface area contributed by atoms with E-state index in [4.69, 9.17) is 0 Å². The standard InChI is InChI=1S/C16H28N4S/c1-2-18-9-11-19(12-10-18)14-15(16-4-3-13-21-16)20-7-5-17-6-8-20/h3-4,13,15,17H,2,5-12,14H2,1H3. The first-order chi connectivity index (χ1) is 10.4. The van der Waals surface area contributed by atoms with Crippen molar-refractivity contribution in [1.82, 2.24) is 20.0 Å². The van der Waals surface area contributed by atoms with Crippen molar-refractivity contribution < 1.29 is 0 Å². The molecule has 1 aromatic heterocycles. The summed E-state index contributed by atoms with van der Waals surface area (Å²) in [5.74, 6) is 0. The van der Waals surface area contributed by atoms with Crippen LogP contribution in [0, 0.1) is 0 Å². The molecule has 0 spiro atoms. The number of nitrogens with one attached hydrogen (secondary N) is 1. The van der Waals surface area contributed by atoms with Gasteiger partial charge in [-0.3, -0.25) is 9.80 Å². The molecule has 4 nitrogen and oxygen atoms in total. The largest absolute Gasteiger partial charge is 0.314 e. The van der Waals surface area contributed by atoms with Gasteiger partial charge in [-0.15, -0.1) is 11.3 Å². The molecule has 0 aliphatic carbocycles. The van der Waals surface area contributed by atoms with E-state index in [2.05, 4.69) is 44.5 Å². The van der Waals surface area contributed by atoms with Gasteiger partial charge in [0.1, 0.15) is 0 Å². The van der Waals surface area contributed by atoms with Crippen LogP contribution in [0.4, 0.5) is 0 Å². The fourth-order valence-electron chi connectivity index (χ4n) is 3.39. The predicted octanol–water partition coefficient (Wildman–Crippen LogP) is 1.33. The van der Waals surface area contributed by atoms with Crippen molar-refractivity contribution in [1.29, 1.82) is 0 Å². The normalized spacial score (nSPS) is 24.2. The molecule has 2 saturated heterocycles. The molecule has 2 aliphatic rings. The highest BCUT2D eigenvalue weighted by molar-refractivity contribution is 7.10. The van der Waals surface area contributed by atoms with Crippen molar-refractivity contribution in [3.05, 3.63) is 22.4 Å². The van der Waals surface area contributed by atoms with Crippen LogP contribution in [-0.4, -0.2) is 80.1 Å². The number of thiophene rings is 1. The zero-order chi connectivity index (χ0) is 14.5. The summed E-state index contributed by atoms with van der Waals surface area (Å²) in [4.78, 5) is 9.43. The molecule has 118 valence electrons. The highest BCUT2D eigenvalue weighted by Gasteiger charge is 2.26. The highest BCUT2D eigenvalue weighted by Crippen LogP contribution is 2.26. The van der Waals surface area contributed by atoms with Crippen LogP contribution >= 0.6 is 11.3 Å². The van der Waals surface area contributed by atoms with Crippen LogP contribution in [0.25, 0.3) is 0 Å². The number of nitrogens with zero attached hydrogens (tertiary/aromatic N) is 3. The Kier molecular flexibility index (Phi) is 5.66. The van der Waals surface area contributed by atoms with E-state index in [0.717, 1.165) is 13.1 Å². The highest BCUT2D eigenvalue weighted by atomic mass is 32.1. The van der Waals surface area contributed by atoms with E-state index in [0.29, 0.717) is 6.04 Å². The predicted molar refractivity (Wildman–Crippen MR) is 90.1 cm³/mol. The summed E-state index contributed by atoms with van der Waals surface area (Å²) in [7, 11) is 0. The Morgan fingerprint density at radius 3 is 2.43 bits per heavy atom. The maximum absolute atomic E-state index is 3.47. The first-order valence-corrected chi connectivity index (χ1v) is 9.17. The zero-order valence-electron chi connectivity index (χ0n) is 13.1. The molecule has 0 radical (unpaired) electrons. The van der Waals surface area contributed by atoms with E-state index in [1.807, 2.05) is 11.3 Å². The van der Waals surface area contributed by atoms with Gasteiger partial charge in [-0.2, -0.15) is 0 Å². The Labute approximate surface area is 132 Å². The van der Waals surface area contributed by atoms with Crippen molar-refractivity contribution in [2.45, 2.75) is 13.0 Å². The van der Waals surface area contributed by atoms with Crippen molar-refractivity contribution in [2.24, 2.45) is 0 Å². The lowest BCUT2D eigenvalue weighted by atomic mass is 10.1. The summed E-state index contributed by atoms with van der Waals surface area (Å²) < 4.78 is 0. The second-order valence-electron chi connectivity index (χ2n) is 6.05. The molecule has 0 saturated carbocycles. The third-order valence-corrected chi connectivity index (χ3v) is 5.78. The Hall–Kier alpha value is -0.460. The molecule has 3 rings (SSSR count). The topological polar surface area (TPSA) is 21.8 Å². The fraction of sp³-hybridized carbons (Fsp3) is 0.750. The van der Waals surface area contributed by atoms with Crippen LogP contribution in [0.3, 0.4) is 0 Å². The third-order valence-electron chi connectivity index (χ3n) is 4.81. The van der Waals surface area contributed by atoms with E-state index in [1.54, 1.807) is 0 Å². The monoisotopic (exact) mass is 308 g/mol. The minimum atomic E-state index is 0.584. The summed E-state index contributed by atoms with van der Waals surface area (Å²) in [5, 5.41) is 5.70. The third kappa shape index (κ3) is 4.05. The van der Waals surface area contributed by atoms with E-state index in [1.165, 1.54) is 57.2 Å². The van der Waals surface area contributed by atoms with Gasteiger partial charge in [0, 0.05) is 63.8 Å². The van der Waals surface area contributed by atoms with E-state index < -0.39 is 0 Å². The smallest absolute Gasteiger partial charge is 0.0569 e. The summed E-state index contributed by atoms with van der Waals surface area (Å²) in [6, 6.07) is 5.10. The zero-order valence-corrected chi connectivity index (χ0v) is 13.9. The second-order valence-corrected chi connectivity index (χ2v) is 7.03. The van der Waals surface area contributed by atoms with Crippen LogP contribution < -0.4 is 5.32 Å². The number of likely N-dealkylation sites (N-methyl/N-ethyl adjacent to an activating group) is 1. The summed E-state index contributed by atoms with van der Waals surface area (Å²) in [6.45, 7) is 14.2. The van der Waals surface area contributed by atoms with Gasteiger partial charge in [-0.25, -0.2) is 0 Å². The van der Waals surface area contributed by atoms with Crippen molar-refractivity contribution in [3.8, 4) is 0 Å². The molecule has 1 N–H and O–H groups in total. The maximum atomic E-state index is 3.47. The summed E-state index contributed by atoms with van der Waals surface area (Å²) >= 11 is 1.92. The molecular formula is C16H28N4S. The molecule has 3 heterocycles. The summed E-state index contributed by atoms with van der Waals surface area (Å²) in [5.41, 5.74) is 0. The first kappa shape index (κ1) is 15.4. The quantitative estimate of drug-likeness (QED) is 0.886. The SMILES string of the molecule is CCN1CCN(CC(c2cccs2)N2CCNCC2)CC1. The lowest BCUT2D eigenvalue weighted by Gasteiger charge is -2.40. The minimum absolute atomic E-state index is 0.584. The average Bonchev–Trinajstić information content (AvgIpc) is 3.08. The Morgan fingerprint density at radius 2 is 1.81 bits per heavy atom. The maximum Gasteiger partial charge on any atom is 0.0569 e. The van der Waals surface area contributed by atoms with E-state index in [9.17, 15) is 0 Å². The first-order valence-electron chi connectivity index (χ1n) is 8.29. The molecule has 0 bridgehead atoms. The summed E-state index contributed by atoms with van der Waals surface area (Å²) in [6.07, 6.45) is 0. The van der Waals surface area contributed by atoms with Crippen LogP contribution in [0.1, 0.15) is 17.8 Å². The molecule has 2 aliphatic heterocycles. The molecule has 21 heavy (non-hydrogen) atoms. The Balaban J connectivity index is 1.62. The molecular weight excluding hydrogens is 280 g/mol. The van der Waals surface area contributed by atoms with E-state index >= 15 is 0 Å². The van der Waals surface area contributed by atoms with Gasteiger partial charge in [-0.05, 0) is 18.0 Å². The van der Waals surface area contributed by atoms with Gasteiger partial charge < -0.3 is 10.2 Å². The molecule has 0 aromatic carbocycles. The molecule has 1 unspecified atom stereocenters. The number of piperazine rings is 2. The average molecular weight is 308 g/mol. The molecule has 1 atom stereocenters. The lowest BCUT2D eigenvalue weighted by molar-refractivity contribution is 0.0869. The molecule has 1 aromatic rings. The Morgan fingerprint density at radius 1 is 1.10 bits per heavy atom. The molecule has 2 fully saturated rings. The van der Waals surface area contributed by atoms with Crippen molar-refractivity contribution in [3.63, 3.8) is 0 Å². The van der Waals surface area contributed by atoms with Crippen LogP contribution in [0.5, 0.6) is 0 Å². The lowest BCUT2D eigenvalue weighted by Crippen LogP contribution is -2.51. The van der Waals surface area contributed by atoms with Crippen LogP contribution in [-0.2, 0) is 0 Å². The van der Waals surface area contributed by atoms with Gasteiger partial charge in [0.05, 0.1) is 6.04 Å². The number of rotatable bonds is 5. The van der Waals surface area contributed by atoms with Gasteiger partial charge >= 0.3 is 0 Å². The van der Waals surface area contributed by atoms with Crippen molar-refractivity contribution >= 4 is 11.3 Å². The van der Waals surface area contributed by atoms with Crippen LogP contribution in [0.2, 0.25) is 0 Å². The van der Waals surface area contributed by atoms with E-state index in [-0.39, 0.29) is 0 Å². The number of hydrogen-bond donors (Lipinski definition) is 1. The minimum Gasteiger partial charge on any atom is -0.314 e. The molecule has 5 heteroatoms. The van der Waals surface area contributed by atoms with Crippen molar-refractivity contribution in [2.75, 3.05) is 65.4 Å². The fourth-order valence-corrected chi connectivity index (χ4v) is 4.24. The van der Waals surface area contributed by atoms with Gasteiger partial charge in [0.15, 0.2) is 0 Å². The Bertz CT molecular complexity index is 394. The second kappa shape index (κ2) is 7.70. The van der Waals surface area contributed by atoms with Gasteiger partial charge in [0.2, 0.25) is 0 Å². The molecule has 0 amide bonds. The van der Waals surface area contributed by atoms with Crippen LogP contribution in [0.15, 0.2) is 17.5 Å².